The normalized spacial score (nSPS) is 12.9. The summed E-state index contributed by atoms with van der Waals surface area (Å²) in [5.41, 5.74) is 0. The van der Waals surface area contributed by atoms with Gasteiger partial charge in [0.2, 0.25) is 0 Å². The van der Waals surface area contributed by atoms with E-state index in [9.17, 15) is 14.4 Å². The van der Waals surface area contributed by atoms with Crippen molar-refractivity contribution in [3.8, 4) is 0 Å². The van der Waals surface area contributed by atoms with Crippen LogP contribution in [0.4, 0.5) is 0 Å². The predicted molar refractivity (Wildman–Crippen MR) is 302 cm³/mol. The van der Waals surface area contributed by atoms with E-state index in [4.69, 9.17) is 14.2 Å². The number of hydrogen-bond acceptors (Lipinski definition) is 6. The first kappa shape index (κ1) is 66.1. The van der Waals surface area contributed by atoms with E-state index in [-0.39, 0.29) is 31.1 Å². The lowest BCUT2D eigenvalue weighted by atomic mass is 10.1. The van der Waals surface area contributed by atoms with Crippen LogP contribution in [0.25, 0.3) is 0 Å². The first-order valence-electron chi connectivity index (χ1n) is 28.9. The molecule has 0 saturated heterocycles. The summed E-state index contributed by atoms with van der Waals surface area (Å²) in [5.74, 6) is -0.948. The van der Waals surface area contributed by atoms with E-state index in [1.54, 1.807) is 0 Å². The summed E-state index contributed by atoms with van der Waals surface area (Å²) in [6.45, 7) is 6.42. The molecule has 0 aromatic rings. The Morgan fingerprint density at radius 1 is 0.300 bits per heavy atom. The summed E-state index contributed by atoms with van der Waals surface area (Å²) in [5, 5.41) is 0. The zero-order chi connectivity index (χ0) is 50.7. The zero-order valence-electron chi connectivity index (χ0n) is 45.5. The monoisotopic (exact) mass is 971 g/mol. The molecular weight excluding hydrogens is 865 g/mol. The van der Waals surface area contributed by atoms with Gasteiger partial charge in [-0.2, -0.15) is 0 Å². The Morgan fingerprint density at radius 2 is 0.571 bits per heavy atom. The average Bonchev–Trinajstić information content (AvgIpc) is 3.36. The van der Waals surface area contributed by atoms with E-state index in [0.29, 0.717) is 19.3 Å². The number of allylic oxidation sites excluding steroid dienone is 18. The molecule has 6 nitrogen and oxygen atoms in total. The molecule has 0 radical (unpaired) electrons. The van der Waals surface area contributed by atoms with Crippen molar-refractivity contribution in [1.29, 1.82) is 0 Å². The van der Waals surface area contributed by atoms with E-state index in [0.717, 1.165) is 128 Å². The molecule has 0 N–H and O–H groups in total. The second-order valence-corrected chi connectivity index (χ2v) is 18.8. The quantitative estimate of drug-likeness (QED) is 0.0262. The number of ether oxygens (including phenoxy) is 3. The average molecular weight is 972 g/mol. The number of esters is 3. The van der Waals surface area contributed by atoms with Gasteiger partial charge in [-0.25, -0.2) is 0 Å². The van der Waals surface area contributed by atoms with Crippen molar-refractivity contribution < 1.29 is 28.6 Å². The first-order valence-corrected chi connectivity index (χ1v) is 28.9. The highest BCUT2D eigenvalue weighted by atomic mass is 16.6. The Balaban J connectivity index is 4.47. The molecule has 6 heteroatoms. The van der Waals surface area contributed by atoms with Gasteiger partial charge in [-0.05, 0) is 122 Å². The van der Waals surface area contributed by atoms with Crippen molar-refractivity contribution >= 4 is 17.9 Å². The molecule has 0 aliphatic rings. The molecule has 0 aromatic carbocycles. The molecule has 0 spiro atoms. The molecule has 0 amide bonds. The number of carbonyl (C=O) groups excluding carboxylic acids is 3. The fourth-order valence-corrected chi connectivity index (χ4v) is 7.63. The van der Waals surface area contributed by atoms with Gasteiger partial charge in [0.1, 0.15) is 13.2 Å². The second-order valence-electron chi connectivity index (χ2n) is 18.8. The van der Waals surface area contributed by atoms with Gasteiger partial charge in [0, 0.05) is 19.3 Å². The van der Waals surface area contributed by atoms with Gasteiger partial charge in [-0.15, -0.1) is 0 Å². The Hall–Kier alpha value is -3.93. The molecule has 0 aliphatic carbocycles. The van der Waals surface area contributed by atoms with E-state index < -0.39 is 6.10 Å². The number of unbranched alkanes of at least 4 members (excludes halogenated alkanes) is 22. The summed E-state index contributed by atoms with van der Waals surface area (Å²) < 4.78 is 16.8. The van der Waals surface area contributed by atoms with Crippen LogP contribution in [0.3, 0.4) is 0 Å². The fourth-order valence-electron chi connectivity index (χ4n) is 7.63. The molecule has 0 fully saturated rings. The minimum absolute atomic E-state index is 0.0992. The number of carbonyl (C=O) groups is 3. The fraction of sp³-hybridized carbons (Fsp3) is 0.672. The Bertz CT molecular complexity index is 1440. The lowest BCUT2D eigenvalue weighted by Gasteiger charge is -2.18. The van der Waals surface area contributed by atoms with E-state index >= 15 is 0 Å². The maximum absolute atomic E-state index is 12.9. The van der Waals surface area contributed by atoms with Gasteiger partial charge >= 0.3 is 17.9 Å². The summed E-state index contributed by atoms with van der Waals surface area (Å²) in [4.78, 5) is 38.2. The van der Waals surface area contributed by atoms with Crippen LogP contribution in [-0.4, -0.2) is 37.2 Å². The summed E-state index contributed by atoms with van der Waals surface area (Å²) in [6, 6.07) is 0. The molecule has 1 unspecified atom stereocenters. The second kappa shape index (κ2) is 57.6. The summed E-state index contributed by atoms with van der Waals surface area (Å²) in [7, 11) is 0. The van der Waals surface area contributed by atoms with Crippen LogP contribution < -0.4 is 0 Å². The SMILES string of the molecule is CC/C=C\C/C=C\C/C=C\C/C=C\C/C=C\CCCCCC(=O)OCC(COC(=O)CCCCCCC/C=C\C/C=C\CCCC)OC(=O)CCCCCCCCCCC/C=C\C/C=C\CCCCC. The van der Waals surface area contributed by atoms with Crippen molar-refractivity contribution in [2.45, 2.75) is 264 Å². The van der Waals surface area contributed by atoms with Gasteiger partial charge in [0.05, 0.1) is 0 Å². The minimum atomic E-state index is -0.803. The van der Waals surface area contributed by atoms with E-state index in [1.807, 2.05) is 0 Å². The highest BCUT2D eigenvalue weighted by Crippen LogP contribution is 2.14. The number of rotatable bonds is 51. The highest BCUT2D eigenvalue weighted by Gasteiger charge is 2.19. The van der Waals surface area contributed by atoms with Crippen LogP contribution in [0.15, 0.2) is 109 Å². The van der Waals surface area contributed by atoms with Crippen LogP contribution in [-0.2, 0) is 28.6 Å². The van der Waals surface area contributed by atoms with Crippen molar-refractivity contribution in [2.24, 2.45) is 0 Å². The largest absolute Gasteiger partial charge is 0.462 e. The van der Waals surface area contributed by atoms with Crippen LogP contribution in [0.1, 0.15) is 258 Å². The van der Waals surface area contributed by atoms with Crippen molar-refractivity contribution in [3.05, 3.63) is 109 Å². The molecule has 0 saturated carbocycles. The third kappa shape index (κ3) is 55.0. The van der Waals surface area contributed by atoms with Crippen LogP contribution in [0.2, 0.25) is 0 Å². The summed E-state index contributed by atoms with van der Waals surface area (Å²) >= 11 is 0. The molecule has 1 atom stereocenters. The predicted octanol–water partition coefficient (Wildman–Crippen LogP) is 19.5. The third-order valence-electron chi connectivity index (χ3n) is 12.0. The van der Waals surface area contributed by atoms with Gasteiger partial charge in [0.25, 0.3) is 0 Å². The highest BCUT2D eigenvalue weighted by molar-refractivity contribution is 5.71. The van der Waals surface area contributed by atoms with Crippen LogP contribution in [0, 0.1) is 0 Å². The molecule has 0 heterocycles. The van der Waals surface area contributed by atoms with E-state index in [1.165, 1.54) is 89.9 Å². The van der Waals surface area contributed by atoms with Gasteiger partial charge in [-0.3, -0.25) is 14.4 Å². The maximum Gasteiger partial charge on any atom is 0.306 e. The smallest absolute Gasteiger partial charge is 0.306 e. The van der Waals surface area contributed by atoms with Crippen LogP contribution >= 0.6 is 0 Å². The van der Waals surface area contributed by atoms with Crippen molar-refractivity contribution in [3.63, 3.8) is 0 Å². The Morgan fingerprint density at radius 3 is 0.929 bits per heavy atom. The molecular formula is C64H106O6. The van der Waals surface area contributed by atoms with Crippen LogP contribution in [0.5, 0.6) is 0 Å². The van der Waals surface area contributed by atoms with Gasteiger partial charge in [-0.1, -0.05) is 226 Å². The molecule has 0 aliphatic heterocycles. The van der Waals surface area contributed by atoms with Crippen molar-refractivity contribution in [1.82, 2.24) is 0 Å². The molecule has 398 valence electrons. The van der Waals surface area contributed by atoms with Gasteiger partial charge < -0.3 is 14.2 Å². The van der Waals surface area contributed by atoms with Crippen molar-refractivity contribution in [2.75, 3.05) is 13.2 Å². The lowest BCUT2D eigenvalue weighted by molar-refractivity contribution is -0.167. The van der Waals surface area contributed by atoms with Gasteiger partial charge in [0.15, 0.2) is 6.10 Å². The Kier molecular flexibility index (Phi) is 54.4. The molecule has 0 aromatic heterocycles. The number of hydrogen-bond donors (Lipinski definition) is 0. The molecule has 0 bridgehead atoms. The minimum Gasteiger partial charge on any atom is -0.462 e. The third-order valence-corrected chi connectivity index (χ3v) is 12.0. The maximum atomic E-state index is 12.9. The first-order chi connectivity index (χ1) is 34.5. The zero-order valence-corrected chi connectivity index (χ0v) is 45.5. The topological polar surface area (TPSA) is 78.9 Å². The lowest BCUT2D eigenvalue weighted by Crippen LogP contribution is -2.30. The molecule has 70 heavy (non-hydrogen) atoms. The van der Waals surface area contributed by atoms with E-state index in [2.05, 4.69) is 130 Å². The Labute approximate surface area is 431 Å². The standard InChI is InChI=1S/C64H106O6/c1-4-7-10-13-16-19-22-25-28-30-32-34-36-39-42-45-48-51-54-57-63(66)69-60-61(59-68-62(65)56-53-50-47-44-41-38-27-24-21-18-15-12-9-6-3)70-64(67)58-55-52-49-46-43-40-37-35-33-31-29-26-23-20-17-14-11-8-5-2/h7,10,15-20,24-29,32,34,39,42,61H,4-6,8-9,11-14,21-23,30-31,33,35-38,40-41,43-60H2,1-3H3/b10-7-,18-15-,19-16-,20-17-,27-24-,28-25-,29-26-,34-32-,42-39-. The summed E-state index contributed by atoms with van der Waals surface area (Å²) in [6.07, 6.45) is 77.9. The molecule has 0 rings (SSSR count).